The molecule has 0 aliphatic carbocycles. The Bertz CT molecular complexity index is 1030. The summed E-state index contributed by atoms with van der Waals surface area (Å²) >= 11 is 0. The summed E-state index contributed by atoms with van der Waals surface area (Å²) in [6, 6.07) is 6.66. The maximum atomic E-state index is 12.7. The van der Waals surface area contributed by atoms with Crippen LogP contribution in [0, 0.1) is 0 Å². The van der Waals surface area contributed by atoms with E-state index >= 15 is 0 Å². The number of nitrogens with one attached hydrogen (secondary N) is 1. The molecule has 0 spiro atoms. The van der Waals surface area contributed by atoms with Crippen molar-refractivity contribution in [3.8, 4) is 5.75 Å². The number of hydrogen-bond acceptors (Lipinski definition) is 4. The van der Waals surface area contributed by atoms with Gasteiger partial charge in [-0.3, -0.25) is 4.79 Å². The van der Waals surface area contributed by atoms with Crippen LogP contribution in [-0.4, -0.2) is 11.1 Å². The first-order chi connectivity index (χ1) is 12.5. The minimum absolute atomic E-state index is 0.00355. The molecule has 2 aromatic heterocycles. The van der Waals surface area contributed by atoms with Crippen molar-refractivity contribution < 1.29 is 9.15 Å². The van der Waals surface area contributed by atoms with Crippen LogP contribution < -0.4 is 15.8 Å². The molecule has 0 fully saturated rings. The molecule has 3 aromatic rings. The van der Waals surface area contributed by atoms with Crippen molar-refractivity contribution >= 4 is 21.9 Å². The molecule has 0 aliphatic heterocycles. The second kappa shape index (κ2) is 7.77. The van der Waals surface area contributed by atoms with Gasteiger partial charge in [-0.15, -0.1) is 0 Å². The van der Waals surface area contributed by atoms with Crippen molar-refractivity contribution in [2.45, 2.75) is 59.0 Å². The van der Waals surface area contributed by atoms with Gasteiger partial charge in [0.1, 0.15) is 11.3 Å². The Balaban J connectivity index is 2.05. The van der Waals surface area contributed by atoms with Crippen LogP contribution in [0.15, 0.2) is 38.3 Å². The third-order valence-corrected chi connectivity index (χ3v) is 4.65. The molecule has 0 radical (unpaired) electrons. The van der Waals surface area contributed by atoms with Gasteiger partial charge >= 0.3 is 5.63 Å². The fourth-order valence-electron chi connectivity index (χ4n) is 3.20. The third kappa shape index (κ3) is 3.66. The van der Waals surface area contributed by atoms with Crippen LogP contribution in [0.5, 0.6) is 5.75 Å². The second-order valence-electron chi connectivity index (χ2n) is 6.73. The summed E-state index contributed by atoms with van der Waals surface area (Å²) in [5.74, 6) is 0.445. The van der Waals surface area contributed by atoms with Crippen LogP contribution in [0.25, 0.3) is 21.9 Å². The quantitative estimate of drug-likeness (QED) is 0.383. The Kier molecular flexibility index (Phi) is 5.45. The second-order valence-corrected chi connectivity index (χ2v) is 6.73. The molecule has 0 amide bonds. The van der Waals surface area contributed by atoms with Gasteiger partial charge in [-0.1, -0.05) is 26.7 Å². The molecule has 1 N–H and O–H groups in total. The van der Waals surface area contributed by atoms with Crippen molar-refractivity contribution in [3.63, 3.8) is 0 Å². The molecule has 1 unspecified atom stereocenters. The predicted molar refractivity (Wildman–Crippen MR) is 104 cm³/mol. The Labute approximate surface area is 152 Å². The number of hydrogen-bond donors (Lipinski definition) is 1. The minimum Gasteiger partial charge on any atom is -0.490 e. The summed E-state index contributed by atoms with van der Waals surface area (Å²) in [6.45, 7) is 6.16. The van der Waals surface area contributed by atoms with Crippen LogP contribution in [0.2, 0.25) is 0 Å². The highest BCUT2D eigenvalue weighted by Crippen LogP contribution is 2.23. The Morgan fingerprint density at radius 1 is 1.15 bits per heavy atom. The molecule has 3 rings (SSSR count). The number of aromatic amines is 1. The number of H-pyrrole nitrogens is 1. The number of unbranched alkanes of at least 4 members (excludes halogenated alkanes) is 2. The highest BCUT2D eigenvalue weighted by atomic mass is 16.5. The summed E-state index contributed by atoms with van der Waals surface area (Å²) in [7, 11) is 0. The van der Waals surface area contributed by atoms with Gasteiger partial charge in [0, 0.05) is 17.8 Å². The van der Waals surface area contributed by atoms with Gasteiger partial charge in [0.2, 0.25) is 0 Å². The summed E-state index contributed by atoms with van der Waals surface area (Å²) < 4.78 is 11.3. The first-order valence-electron chi connectivity index (χ1n) is 9.33. The van der Waals surface area contributed by atoms with E-state index in [1.165, 1.54) is 6.07 Å². The minimum atomic E-state index is -0.459. The van der Waals surface area contributed by atoms with Crippen molar-refractivity contribution in [2.24, 2.45) is 0 Å². The van der Waals surface area contributed by atoms with E-state index in [9.17, 15) is 9.59 Å². The van der Waals surface area contributed by atoms with Crippen LogP contribution >= 0.6 is 0 Å². The number of fused-ring (bicyclic) bond motifs is 3. The highest BCUT2D eigenvalue weighted by Gasteiger charge is 2.14. The summed E-state index contributed by atoms with van der Waals surface area (Å²) in [5, 5.41) is 0.772. The molecule has 26 heavy (non-hydrogen) atoms. The lowest BCUT2D eigenvalue weighted by atomic mass is 10.1. The van der Waals surface area contributed by atoms with Gasteiger partial charge in [-0.05, 0) is 38.3 Å². The van der Waals surface area contributed by atoms with E-state index in [1.54, 1.807) is 12.1 Å². The van der Waals surface area contributed by atoms with Crippen LogP contribution in [0.4, 0.5) is 0 Å². The zero-order valence-corrected chi connectivity index (χ0v) is 15.6. The molecule has 5 nitrogen and oxygen atoms in total. The molecular formula is C21H25NO4. The molecular weight excluding hydrogens is 330 g/mol. The fourth-order valence-corrected chi connectivity index (χ4v) is 3.20. The largest absolute Gasteiger partial charge is 0.490 e. The standard InChI is InChI=1S/C21H25NO4/c1-4-6-7-8-13(3)25-15-11-17(23)19-18(12-15)26-21(24)16-10-9-14(5-2)22-20(16)19/h9-13,22H,4-8H2,1-3H3. The SMILES string of the molecule is CCCCCC(C)Oc1cc(=O)c2c(c1)oc(=O)c1ccc(CC)[nH]c12. The van der Waals surface area contributed by atoms with Gasteiger partial charge in [0.05, 0.1) is 22.4 Å². The molecule has 0 saturated heterocycles. The molecule has 0 bridgehead atoms. The van der Waals surface area contributed by atoms with E-state index in [4.69, 9.17) is 9.15 Å². The van der Waals surface area contributed by atoms with Crippen molar-refractivity contribution in [2.75, 3.05) is 0 Å². The monoisotopic (exact) mass is 355 g/mol. The maximum Gasteiger partial charge on any atom is 0.345 e. The molecule has 2 heterocycles. The van der Waals surface area contributed by atoms with Gasteiger partial charge in [-0.2, -0.15) is 0 Å². The van der Waals surface area contributed by atoms with E-state index in [2.05, 4.69) is 11.9 Å². The molecule has 138 valence electrons. The zero-order chi connectivity index (χ0) is 18.7. The fraction of sp³-hybridized carbons (Fsp3) is 0.429. The van der Waals surface area contributed by atoms with Gasteiger partial charge < -0.3 is 14.1 Å². The molecule has 0 aliphatic rings. The van der Waals surface area contributed by atoms with Gasteiger partial charge in [-0.25, -0.2) is 4.79 Å². The predicted octanol–water partition coefficient (Wildman–Crippen LogP) is 4.54. The normalized spacial score (nSPS) is 12.6. The Morgan fingerprint density at radius 2 is 1.96 bits per heavy atom. The lowest BCUT2D eigenvalue weighted by molar-refractivity contribution is 0.206. The summed E-state index contributed by atoms with van der Waals surface area (Å²) in [6.07, 6.45) is 5.11. The van der Waals surface area contributed by atoms with Crippen molar-refractivity contribution in [1.29, 1.82) is 0 Å². The number of benzene rings is 1. The lowest BCUT2D eigenvalue weighted by Crippen LogP contribution is -2.14. The van der Waals surface area contributed by atoms with Gasteiger partial charge in [0.15, 0.2) is 5.43 Å². The Morgan fingerprint density at radius 3 is 2.69 bits per heavy atom. The van der Waals surface area contributed by atoms with E-state index in [0.29, 0.717) is 22.0 Å². The smallest absolute Gasteiger partial charge is 0.345 e. The topological polar surface area (TPSA) is 72.3 Å². The number of ether oxygens (including phenoxy) is 1. The summed E-state index contributed by atoms with van der Waals surface area (Å²) in [5.41, 5.74) is 1.07. The number of rotatable bonds is 7. The zero-order valence-electron chi connectivity index (χ0n) is 15.6. The Hall–Kier alpha value is -2.56. The van der Waals surface area contributed by atoms with Crippen molar-refractivity contribution in [1.82, 2.24) is 4.98 Å². The number of aromatic nitrogens is 1. The molecule has 1 aromatic carbocycles. The lowest BCUT2D eigenvalue weighted by Gasteiger charge is -2.14. The molecule has 5 heteroatoms. The average molecular weight is 355 g/mol. The number of aryl methyl sites for hydroxylation is 1. The van der Waals surface area contributed by atoms with E-state index in [-0.39, 0.29) is 17.1 Å². The van der Waals surface area contributed by atoms with Gasteiger partial charge in [0.25, 0.3) is 0 Å². The first-order valence-corrected chi connectivity index (χ1v) is 9.33. The van der Waals surface area contributed by atoms with E-state index < -0.39 is 5.63 Å². The number of pyridine rings is 1. The highest BCUT2D eigenvalue weighted by molar-refractivity contribution is 6.01. The first kappa shape index (κ1) is 18.2. The summed E-state index contributed by atoms with van der Waals surface area (Å²) in [4.78, 5) is 28.2. The van der Waals surface area contributed by atoms with Crippen LogP contribution in [0.3, 0.4) is 0 Å². The van der Waals surface area contributed by atoms with E-state index in [0.717, 1.165) is 37.8 Å². The van der Waals surface area contributed by atoms with Crippen molar-refractivity contribution in [3.05, 3.63) is 50.6 Å². The van der Waals surface area contributed by atoms with Crippen LogP contribution in [-0.2, 0) is 6.42 Å². The molecule has 1 atom stereocenters. The van der Waals surface area contributed by atoms with Crippen LogP contribution in [0.1, 0.15) is 52.1 Å². The molecule has 0 saturated carbocycles. The third-order valence-electron chi connectivity index (χ3n) is 4.65. The van der Waals surface area contributed by atoms with E-state index in [1.807, 2.05) is 19.9 Å². The maximum absolute atomic E-state index is 12.7. The average Bonchev–Trinajstić information content (AvgIpc) is 2.61.